The zero-order chi connectivity index (χ0) is 13.6. The molecule has 5 nitrogen and oxygen atoms in total. The van der Waals surface area contributed by atoms with Crippen LogP contribution in [0.1, 0.15) is 13.3 Å². The number of sulfonamides is 1. The van der Waals surface area contributed by atoms with Crippen LogP contribution in [-0.4, -0.2) is 44.6 Å². The molecule has 0 unspecified atom stereocenters. The van der Waals surface area contributed by atoms with Gasteiger partial charge in [0.05, 0.1) is 12.0 Å². The summed E-state index contributed by atoms with van der Waals surface area (Å²) in [6, 6.07) is 6.38. The van der Waals surface area contributed by atoms with Gasteiger partial charge in [0.1, 0.15) is 5.75 Å². The van der Waals surface area contributed by atoms with Gasteiger partial charge in [-0.25, -0.2) is 8.42 Å². The van der Waals surface area contributed by atoms with Crippen LogP contribution >= 0.6 is 0 Å². The molecule has 18 heavy (non-hydrogen) atoms. The van der Waals surface area contributed by atoms with Crippen LogP contribution in [0.3, 0.4) is 0 Å². The molecule has 0 spiro atoms. The van der Waals surface area contributed by atoms with Crippen LogP contribution in [0.4, 0.5) is 0 Å². The molecule has 0 radical (unpaired) electrons. The summed E-state index contributed by atoms with van der Waals surface area (Å²) in [5, 5.41) is 8.79. The predicted octanol–water partition coefficient (Wildman–Crippen LogP) is 1.09. The SMILES string of the molecule is CCN(CCCO)S(=O)(=O)c1cccc(OC)c1. The zero-order valence-corrected chi connectivity index (χ0v) is 11.5. The van der Waals surface area contributed by atoms with Crippen LogP contribution in [0.2, 0.25) is 0 Å². The minimum atomic E-state index is -3.51. The first-order chi connectivity index (χ1) is 8.56. The van der Waals surface area contributed by atoms with Gasteiger partial charge in [-0.1, -0.05) is 13.0 Å². The molecule has 0 aliphatic carbocycles. The Morgan fingerprint density at radius 2 is 2.11 bits per heavy atom. The summed E-state index contributed by atoms with van der Waals surface area (Å²) >= 11 is 0. The third-order valence-electron chi connectivity index (χ3n) is 2.60. The highest BCUT2D eigenvalue weighted by Gasteiger charge is 2.22. The number of methoxy groups -OCH3 is 1. The summed E-state index contributed by atoms with van der Waals surface area (Å²) in [5.74, 6) is 0.509. The van der Waals surface area contributed by atoms with E-state index in [9.17, 15) is 8.42 Å². The van der Waals surface area contributed by atoms with Crippen LogP contribution in [0.25, 0.3) is 0 Å². The quantitative estimate of drug-likeness (QED) is 0.807. The van der Waals surface area contributed by atoms with Crippen LogP contribution in [0, 0.1) is 0 Å². The maximum atomic E-state index is 12.3. The van der Waals surface area contributed by atoms with Crippen molar-refractivity contribution in [2.24, 2.45) is 0 Å². The average Bonchev–Trinajstić information content (AvgIpc) is 2.39. The summed E-state index contributed by atoms with van der Waals surface area (Å²) in [5.41, 5.74) is 0. The van der Waals surface area contributed by atoms with Crippen molar-refractivity contribution in [1.29, 1.82) is 0 Å². The molecule has 6 heteroatoms. The Hall–Kier alpha value is -1.11. The van der Waals surface area contributed by atoms with E-state index in [0.717, 1.165) is 0 Å². The highest BCUT2D eigenvalue weighted by atomic mass is 32.2. The first kappa shape index (κ1) is 14.9. The van der Waals surface area contributed by atoms with Gasteiger partial charge in [0.2, 0.25) is 10.0 Å². The lowest BCUT2D eigenvalue weighted by Gasteiger charge is -2.20. The molecule has 0 aromatic heterocycles. The third kappa shape index (κ3) is 3.44. The van der Waals surface area contributed by atoms with Crippen molar-refractivity contribution < 1.29 is 18.3 Å². The zero-order valence-electron chi connectivity index (χ0n) is 10.7. The van der Waals surface area contributed by atoms with E-state index in [-0.39, 0.29) is 11.5 Å². The number of benzene rings is 1. The minimum absolute atomic E-state index is 0.0237. The first-order valence-electron chi connectivity index (χ1n) is 5.81. The Bertz CT molecular complexity index is 473. The van der Waals surface area contributed by atoms with Crippen LogP contribution in [-0.2, 0) is 10.0 Å². The fraction of sp³-hybridized carbons (Fsp3) is 0.500. The number of aliphatic hydroxyl groups excluding tert-OH is 1. The topological polar surface area (TPSA) is 66.8 Å². The second kappa shape index (κ2) is 6.72. The Morgan fingerprint density at radius 3 is 2.67 bits per heavy atom. The molecular formula is C12H19NO4S. The molecule has 0 saturated heterocycles. The molecule has 0 aliphatic heterocycles. The highest BCUT2D eigenvalue weighted by Crippen LogP contribution is 2.20. The summed E-state index contributed by atoms with van der Waals surface area (Å²) in [4.78, 5) is 0.210. The van der Waals surface area contributed by atoms with Crippen molar-refractivity contribution in [3.63, 3.8) is 0 Å². The number of hydrogen-bond acceptors (Lipinski definition) is 4. The van der Waals surface area contributed by atoms with Crippen molar-refractivity contribution in [1.82, 2.24) is 4.31 Å². The normalized spacial score (nSPS) is 11.8. The smallest absolute Gasteiger partial charge is 0.243 e. The van der Waals surface area contributed by atoms with Gasteiger partial charge in [-0.15, -0.1) is 0 Å². The lowest BCUT2D eigenvalue weighted by atomic mass is 10.3. The fourth-order valence-corrected chi connectivity index (χ4v) is 3.13. The number of aliphatic hydroxyl groups is 1. The van der Waals surface area contributed by atoms with Gasteiger partial charge >= 0.3 is 0 Å². The van der Waals surface area contributed by atoms with E-state index in [4.69, 9.17) is 9.84 Å². The lowest BCUT2D eigenvalue weighted by molar-refractivity contribution is 0.271. The molecule has 1 N–H and O–H groups in total. The van der Waals surface area contributed by atoms with Gasteiger partial charge in [-0.3, -0.25) is 0 Å². The van der Waals surface area contributed by atoms with Crippen molar-refractivity contribution in [2.75, 3.05) is 26.8 Å². The van der Waals surface area contributed by atoms with Crippen molar-refractivity contribution in [2.45, 2.75) is 18.2 Å². The predicted molar refractivity (Wildman–Crippen MR) is 69.1 cm³/mol. The van der Waals surface area contributed by atoms with E-state index < -0.39 is 10.0 Å². The largest absolute Gasteiger partial charge is 0.497 e. The molecule has 102 valence electrons. The Morgan fingerprint density at radius 1 is 1.39 bits per heavy atom. The summed E-state index contributed by atoms with van der Waals surface area (Å²) in [6.07, 6.45) is 0.428. The van der Waals surface area contributed by atoms with Crippen molar-refractivity contribution >= 4 is 10.0 Å². The number of ether oxygens (including phenoxy) is 1. The van der Waals surface area contributed by atoms with E-state index in [0.29, 0.717) is 25.3 Å². The molecule has 0 atom stereocenters. The van der Waals surface area contributed by atoms with Gasteiger partial charge in [-0.05, 0) is 18.6 Å². The lowest BCUT2D eigenvalue weighted by Crippen LogP contribution is -2.32. The number of nitrogens with zero attached hydrogens (tertiary/aromatic N) is 1. The number of hydrogen-bond donors (Lipinski definition) is 1. The van der Waals surface area contributed by atoms with E-state index in [1.54, 1.807) is 25.1 Å². The second-order valence-corrected chi connectivity index (χ2v) is 5.69. The molecule has 0 fully saturated rings. The Labute approximate surface area is 108 Å². The molecule has 0 aliphatic rings. The molecule has 1 aromatic rings. The minimum Gasteiger partial charge on any atom is -0.497 e. The first-order valence-corrected chi connectivity index (χ1v) is 7.25. The number of rotatable bonds is 7. The van der Waals surface area contributed by atoms with Crippen molar-refractivity contribution in [3.05, 3.63) is 24.3 Å². The van der Waals surface area contributed by atoms with Gasteiger partial charge in [0.25, 0.3) is 0 Å². The molecule has 0 amide bonds. The third-order valence-corrected chi connectivity index (χ3v) is 4.57. The fourth-order valence-electron chi connectivity index (χ4n) is 1.61. The van der Waals surface area contributed by atoms with E-state index in [1.807, 2.05) is 0 Å². The molecule has 0 heterocycles. The van der Waals surface area contributed by atoms with E-state index in [1.165, 1.54) is 17.5 Å². The van der Waals surface area contributed by atoms with Gasteiger partial charge in [-0.2, -0.15) is 4.31 Å². The highest BCUT2D eigenvalue weighted by molar-refractivity contribution is 7.89. The van der Waals surface area contributed by atoms with Gasteiger partial charge < -0.3 is 9.84 Å². The molecule has 0 saturated carbocycles. The van der Waals surface area contributed by atoms with Crippen molar-refractivity contribution in [3.8, 4) is 5.75 Å². The summed E-state index contributed by atoms with van der Waals surface area (Å²) in [7, 11) is -2.02. The standard InChI is InChI=1S/C12H19NO4S/c1-3-13(8-5-9-14)18(15,16)12-7-4-6-11(10-12)17-2/h4,6-7,10,14H,3,5,8-9H2,1-2H3. The average molecular weight is 273 g/mol. The van der Waals surface area contributed by atoms with E-state index in [2.05, 4.69) is 0 Å². The maximum absolute atomic E-state index is 12.3. The van der Waals surface area contributed by atoms with Crippen LogP contribution < -0.4 is 4.74 Å². The molecule has 1 aromatic carbocycles. The maximum Gasteiger partial charge on any atom is 0.243 e. The van der Waals surface area contributed by atoms with E-state index >= 15 is 0 Å². The van der Waals surface area contributed by atoms with Crippen LogP contribution in [0.5, 0.6) is 5.75 Å². The molecule has 1 rings (SSSR count). The van der Waals surface area contributed by atoms with Crippen LogP contribution in [0.15, 0.2) is 29.2 Å². The second-order valence-electron chi connectivity index (χ2n) is 3.75. The summed E-state index contributed by atoms with van der Waals surface area (Å²) < 4.78 is 31.0. The monoisotopic (exact) mass is 273 g/mol. The Balaban J connectivity index is 3.02. The van der Waals surface area contributed by atoms with Gasteiger partial charge in [0, 0.05) is 25.8 Å². The molecular weight excluding hydrogens is 254 g/mol. The van der Waals surface area contributed by atoms with Gasteiger partial charge in [0.15, 0.2) is 0 Å². The Kier molecular flexibility index (Phi) is 5.58. The molecule has 0 bridgehead atoms. The summed E-state index contributed by atoms with van der Waals surface area (Å²) in [6.45, 7) is 2.44.